The molecule has 21 heavy (non-hydrogen) atoms. The first-order valence-electron chi connectivity index (χ1n) is 7.35. The first-order valence-corrected chi connectivity index (χ1v) is 8.11. The number of benzene rings is 1. The second-order valence-electron chi connectivity index (χ2n) is 5.36. The predicted octanol–water partition coefficient (Wildman–Crippen LogP) is -0.160. The van der Waals surface area contributed by atoms with E-state index in [9.17, 15) is 4.79 Å². The summed E-state index contributed by atoms with van der Waals surface area (Å²) < 4.78 is 5.00. The monoisotopic (exact) mass is 332 g/mol. The van der Waals surface area contributed by atoms with Gasteiger partial charge in [-0.2, -0.15) is 0 Å². The van der Waals surface area contributed by atoms with Crippen molar-refractivity contribution in [2.75, 3.05) is 39.3 Å². The lowest BCUT2D eigenvalue weighted by atomic mass is 10.2. The van der Waals surface area contributed by atoms with E-state index < -0.39 is 0 Å². The molecule has 6 heteroatoms. The SMILES string of the molecule is CCOC(=O)C[NH+]1CC[NH+](Cc2c(Cl)cccc2Cl)CC1. The smallest absolute Gasteiger partial charge is 0.361 e. The summed E-state index contributed by atoms with van der Waals surface area (Å²) in [4.78, 5) is 14.2. The third-order valence-corrected chi connectivity index (χ3v) is 4.56. The van der Waals surface area contributed by atoms with E-state index >= 15 is 0 Å². The van der Waals surface area contributed by atoms with Crippen molar-refractivity contribution in [3.63, 3.8) is 0 Å². The van der Waals surface area contributed by atoms with Crippen molar-refractivity contribution in [3.8, 4) is 0 Å². The van der Waals surface area contributed by atoms with Crippen LogP contribution in [0.2, 0.25) is 10.0 Å². The third kappa shape index (κ3) is 4.85. The van der Waals surface area contributed by atoms with Crippen LogP contribution in [0.3, 0.4) is 0 Å². The Balaban J connectivity index is 1.83. The molecule has 0 amide bonds. The summed E-state index contributed by atoms with van der Waals surface area (Å²) in [7, 11) is 0. The van der Waals surface area contributed by atoms with Gasteiger partial charge in [0.2, 0.25) is 0 Å². The molecule has 0 radical (unpaired) electrons. The normalized spacial score (nSPS) is 22.0. The molecule has 1 aromatic carbocycles. The zero-order chi connectivity index (χ0) is 15.2. The molecular weight excluding hydrogens is 311 g/mol. The number of quaternary nitrogens is 2. The van der Waals surface area contributed by atoms with Gasteiger partial charge in [0.05, 0.1) is 16.7 Å². The van der Waals surface area contributed by atoms with E-state index in [2.05, 4.69) is 0 Å². The van der Waals surface area contributed by atoms with Gasteiger partial charge in [-0.15, -0.1) is 0 Å². The number of ether oxygens (including phenoxy) is 1. The fourth-order valence-electron chi connectivity index (χ4n) is 2.68. The molecule has 0 unspecified atom stereocenters. The van der Waals surface area contributed by atoms with Crippen LogP contribution in [0.15, 0.2) is 18.2 Å². The van der Waals surface area contributed by atoms with Gasteiger partial charge in [0.25, 0.3) is 0 Å². The van der Waals surface area contributed by atoms with Crippen LogP contribution >= 0.6 is 23.2 Å². The minimum absolute atomic E-state index is 0.106. The van der Waals surface area contributed by atoms with E-state index in [1.807, 2.05) is 25.1 Å². The first-order chi connectivity index (χ1) is 10.1. The van der Waals surface area contributed by atoms with Crippen molar-refractivity contribution < 1.29 is 19.3 Å². The van der Waals surface area contributed by atoms with Gasteiger partial charge >= 0.3 is 5.97 Å². The fourth-order valence-corrected chi connectivity index (χ4v) is 3.21. The molecule has 0 bridgehead atoms. The van der Waals surface area contributed by atoms with Crippen LogP contribution in [0.1, 0.15) is 12.5 Å². The molecule has 116 valence electrons. The van der Waals surface area contributed by atoms with Crippen LogP contribution < -0.4 is 9.80 Å². The van der Waals surface area contributed by atoms with Crippen LogP contribution in [-0.2, 0) is 16.1 Å². The van der Waals surface area contributed by atoms with E-state index in [4.69, 9.17) is 27.9 Å². The van der Waals surface area contributed by atoms with Crippen LogP contribution in [-0.4, -0.2) is 45.3 Å². The Morgan fingerprint density at radius 2 is 1.71 bits per heavy atom. The van der Waals surface area contributed by atoms with Crippen molar-refractivity contribution in [1.82, 2.24) is 0 Å². The maximum absolute atomic E-state index is 11.5. The standard InChI is InChI=1S/C15H20Cl2N2O2/c1-2-21-15(20)11-19-8-6-18(7-9-19)10-12-13(16)4-3-5-14(12)17/h3-5H,2,6-11H2,1H3/p+2. The number of hydrogen-bond acceptors (Lipinski definition) is 2. The zero-order valence-electron chi connectivity index (χ0n) is 12.3. The average Bonchev–Trinajstić information content (AvgIpc) is 2.45. The quantitative estimate of drug-likeness (QED) is 0.735. The molecule has 1 heterocycles. The lowest BCUT2D eigenvalue weighted by Crippen LogP contribution is -3.27. The summed E-state index contributed by atoms with van der Waals surface area (Å²) in [6, 6.07) is 5.62. The molecule has 4 nitrogen and oxygen atoms in total. The van der Waals surface area contributed by atoms with Gasteiger partial charge < -0.3 is 14.5 Å². The summed E-state index contributed by atoms with van der Waals surface area (Å²) in [6.07, 6.45) is 0. The molecule has 1 saturated heterocycles. The molecular formula is C15H22Cl2N2O2+2. The van der Waals surface area contributed by atoms with Gasteiger partial charge in [0.1, 0.15) is 32.7 Å². The lowest BCUT2D eigenvalue weighted by molar-refractivity contribution is -1.02. The van der Waals surface area contributed by atoms with Gasteiger partial charge in [-0.1, -0.05) is 29.3 Å². The van der Waals surface area contributed by atoms with Crippen LogP contribution in [0, 0.1) is 0 Å². The summed E-state index contributed by atoms with van der Waals surface area (Å²) in [6.45, 7) is 7.55. The molecule has 1 aliphatic heterocycles. The molecule has 0 atom stereocenters. The Morgan fingerprint density at radius 1 is 1.14 bits per heavy atom. The van der Waals surface area contributed by atoms with E-state index in [0.717, 1.165) is 48.3 Å². The lowest BCUT2D eigenvalue weighted by Gasteiger charge is -2.29. The van der Waals surface area contributed by atoms with Gasteiger partial charge in [0, 0.05) is 5.56 Å². The second kappa shape index (κ2) is 7.99. The maximum Gasteiger partial charge on any atom is 0.361 e. The first kappa shape index (κ1) is 16.6. The van der Waals surface area contributed by atoms with Crippen molar-refractivity contribution in [1.29, 1.82) is 0 Å². The summed E-state index contributed by atoms with van der Waals surface area (Å²) in [5.41, 5.74) is 1.02. The summed E-state index contributed by atoms with van der Waals surface area (Å²) in [5.74, 6) is -0.106. The Hall–Kier alpha value is -0.810. The topological polar surface area (TPSA) is 35.2 Å². The minimum atomic E-state index is -0.106. The number of piperazine rings is 1. The number of nitrogens with one attached hydrogen (secondary N) is 2. The highest BCUT2D eigenvalue weighted by Crippen LogP contribution is 2.23. The van der Waals surface area contributed by atoms with Crippen molar-refractivity contribution >= 4 is 29.2 Å². The highest BCUT2D eigenvalue weighted by atomic mass is 35.5. The maximum atomic E-state index is 11.5. The molecule has 0 spiro atoms. The number of halogens is 2. The number of esters is 1. The van der Waals surface area contributed by atoms with Crippen molar-refractivity contribution in [2.24, 2.45) is 0 Å². The number of hydrogen-bond donors (Lipinski definition) is 2. The summed E-state index contributed by atoms with van der Waals surface area (Å²) in [5, 5.41) is 1.47. The molecule has 0 aromatic heterocycles. The molecule has 2 N–H and O–H groups in total. The highest BCUT2D eigenvalue weighted by molar-refractivity contribution is 6.35. The van der Waals surface area contributed by atoms with Crippen LogP contribution in [0.4, 0.5) is 0 Å². The van der Waals surface area contributed by atoms with Crippen LogP contribution in [0.25, 0.3) is 0 Å². The Bertz CT molecular complexity index is 468. The molecule has 1 fully saturated rings. The largest absolute Gasteiger partial charge is 0.462 e. The van der Waals surface area contributed by atoms with Crippen molar-refractivity contribution in [2.45, 2.75) is 13.5 Å². The Morgan fingerprint density at radius 3 is 2.29 bits per heavy atom. The van der Waals surface area contributed by atoms with Gasteiger partial charge in [0.15, 0.2) is 6.54 Å². The zero-order valence-corrected chi connectivity index (χ0v) is 13.8. The van der Waals surface area contributed by atoms with Gasteiger partial charge in [-0.05, 0) is 19.1 Å². The summed E-state index contributed by atoms with van der Waals surface area (Å²) >= 11 is 12.4. The van der Waals surface area contributed by atoms with Gasteiger partial charge in [-0.3, -0.25) is 0 Å². The fraction of sp³-hybridized carbons (Fsp3) is 0.533. The van der Waals surface area contributed by atoms with E-state index in [0.29, 0.717) is 13.2 Å². The van der Waals surface area contributed by atoms with Crippen molar-refractivity contribution in [3.05, 3.63) is 33.8 Å². The minimum Gasteiger partial charge on any atom is -0.462 e. The molecule has 2 rings (SSSR count). The van der Waals surface area contributed by atoms with E-state index in [-0.39, 0.29) is 5.97 Å². The van der Waals surface area contributed by atoms with Gasteiger partial charge in [-0.25, -0.2) is 4.79 Å². The predicted molar refractivity (Wildman–Crippen MR) is 83.1 cm³/mol. The Kier molecular flexibility index (Phi) is 6.30. The van der Waals surface area contributed by atoms with E-state index in [1.54, 1.807) is 0 Å². The molecule has 1 aromatic rings. The number of carbonyl (C=O) groups excluding carboxylic acids is 1. The third-order valence-electron chi connectivity index (χ3n) is 3.85. The highest BCUT2D eigenvalue weighted by Gasteiger charge is 2.26. The van der Waals surface area contributed by atoms with Crippen LogP contribution in [0.5, 0.6) is 0 Å². The Labute approximate surface area is 135 Å². The second-order valence-corrected chi connectivity index (χ2v) is 6.17. The average molecular weight is 333 g/mol. The molecule has 1 aliphatic rings. The number of carbonyl (C=O) groups is 1. The van der Waals surface area contributed by atoms with E-state index in [1.165, 1.54) is 9.80 Å². The molecule has 0 aliphatic carbocycles. The number of rotatable bonds is 5. The molecule has 0 saturated carbocycles.